The highest BCUT2D eigenvalue weighted by Crippen LogP contribution is 2.14. The van der Waals surface area contributed by atoms with Crippen LogP contribution in [0.3, 0.4) is 0 Å². The van der Waals surface area contributed by atoms with Crippen LogP contribution in [0.1, 0.15) is 26.7 Å². The minimum Gasteiger partial charge on any atom is -0.377 e. The molecule has 0 aromatic rings. The van der Waals surface area contributed by atoms with Gasteiger partial charge in [0.15, 0.2) is 0 Å². The van der Waals surface area contributed by atoms with Gasteiger partial charge in [0.05, 0.1) is 24.6 Å². The first-order valence-corrected chi connectivity index (χ1v) is 8.86. The zero-order chi connectivity index (χ0) is 16.7. The summed E-state index contributed by atoms with van der Waals surface area (Å²) in [7, 11) is 0. The van der Waals surface area contributed by atoms with E-state index in [2.05, 4.69) is 15.9 Å². The molecule has 0 aromatic carbocycles. The summed E-state index contributed by atoms with van der Waals surface area (Å²) in [4.78, 5) is 18.9. The second-order valence-electron chi connectivity index (χ2n) is 6.67. The van der Waals surface area contributed by atoms with E-state index >= 15 is 0 Å². The van der Waals surface area contributed by atoms with Crippen molar-refractivity contribution in [1.29, 1.82) is 5.26 Å². The SMILES string of the molecule is CCN(C[C@@H](C)C#N)C(=O)CN1CCN(C[C@H]2CCCO2)CC1. The van der Waals surface area contributed by atoms with Crippen LogP contribution in [0.2, 0.25) is 0 Å². The van der Waals surface area contributed by atoms with Gasteiger partial charge in [-0.15, -0.1) is 0 Å². The van der Waals surface area contributed by atoms with Gasteiger partial charge in [-0.2, -0.15) is 5.26 Å². The van der Waals surface area contributed by atoms with Crippen molar-refractivity contribution in [2.24, 2.45) is 5.92 Å². The Bertz CT molecular complexity index is 409. The van der Waals surface area contributed by atoms with E-state index in [1.54, 1.807) is 4.90 Å². The highest BCUT2D eigenvalue weighted by molar-refractivity contribution is 5.78. The highest BCUT2D eigenvalue weighted by atomic mass is 16.5. The third-order valence-corrected chi connectivity index (χ3v) is 4.76. The molecule has 2 heterocycles. The summed E-state index contributed by atoms with van der Waals surface area (Å²) in [6, 6.07) is 2.20. The fourth-order valence-corrected chi connectivity index (χ4v) is 3.28. The number of likely N-dealkylation sites (N-methyl/N-ethyl adjacent to an activating group) is 1. The van der Waals surface area contributed by atoms with E-state index in [4.69, 9.17) is 10.00 Å². The third kappa shape index (κ3) is 5.76. The first-order valence-electron chi connectivity index (χ1n) is 8.86. The molecule has 0 bridgehead atoms. The number of ether oxygens (including phenoxy) is 1. The van der Waals surface area contributed by atoms with Crippen molar-refractivity contribution >= 4 is 5.91 Å². The molecule has 0 spiro atoms. The first-order chi connectivity index (χ1) is 11.1. The maximum atomic E-state index is 12.4. The van der Waals surface area contributed by atoms with E-state index in [0.717, 1.165) is 39.3 Å². The zero-order valence-corrected chi connectivity index (χ0v) is 14.5. The molecule has 2 saturated heterocycles. The van der Waals surface area contributed by atoms with Gasteiger partial charge in [-0.05, 0) is 26.7 Å². The third-order valence-electron chi connectivity index (χ3n) is 4.76. The molecule has 0 saturated carbocycles. The maximum absolute atomic E-state index is 12.4. The topological polar surface area (TPSA) is 59.8 Å². The number of nitriles is 1. The van der Waals surface area contributed by atoms with Gasteiger partial charge >= 0.3 is 0 Å². The number of rotatable bonds is 7. The second-order valence-corrected chi connectivity index (χ2v) is 6.67. The lowest BCUT2D eigenvalue weighted by Gasteiger charge is -2.36. The Hall–Kier alpha value is -1.16. The van der Waals surface area contributed by atoms with Crippen LogP contribution in [0.25, 0.3) is 0 Å². The lowest BCUT2D eigenvalue weighted by Crippen LogP contribution is -2.51. The predicted molar refractivity (Wildman–Crippen MR) is 88.9 cm³/mol. The average molecular weight is 322 g/mol. The summed E-state index contributed by atoms with van der Waals surface area (Å²) in [5.74, 6) is 0.0318. The molecule has 2 aliphatic heterocycles. The Morgan fingerprint density at radius 1 is 1.35 bits per heavy atom. The van der Waals surface area contributed by atoms with Crippen molar-refractivity contribution in [2.45, 2.75) is 32.8 Å². The van der Waals surface area contributed by atoms with Crippen molar-refractivity contribution in [2.75, 3.05) is 59.0 Å². The molecule has 2 fully saturated rings. The van der Waals surface area contributed by atoms with E-state index in [-0.39, 0.29) is 11.8 Å². The molecule has 2 rings (SSSR count). The molecule has 0 radical (unpaired) electrons. The number of piperazine rings is 1. The normalized spacial score (nSPS) is 24.3. The molecule has 6 heteroatoms. The molecule has 2 atom stereocenters. The van der Waals surface area contributed by atoms with Crippen molar-refractivity contribution < 1.29 is 9.53 Å². The Morgan fingerprint density at radius 3 is 2.61 bits per heavy atom. The molecule has 2 aliphatic rings. The zero-order valence-electron chi connectivity index (χ0n) is 14.5. The molecule has 6 nitrogen and oxygen atoms in total. The molecule has 0 unspecified atom stereocenters. The van der Waals surface area contributed by atoms with Gasteiger partial charge in [-0.3, -0.25) is 14.6 Å². The van der Waals surface area contributed by atoms with Crippen LogP contribution in [0.4, 0.5) is 0 Å². The summed E-state index contributed by atoms with van der Waals surface area (Å²) in [5, 5.41) is 8.91. The monoisotopic (exact) mass is 322 g/mol. The van der Waals surface area contributed by atoms with E-state index in [0.29, 0.717) is 25.7 Å². The molecule has 130 valence electrons. The van der Waals surface area contributed by atoms with Crippen LogP contribution in [-0.4, -0.2) is 85.7 Å². The average Bonchev–Trinajstić information content (AvgIpc) is 3.07. The molecule has 0 aromatic heterocycles. The Morgan fingerprint density at radius 2 is 2.04 bits per heavy atom. The van der Waals surface area contributed by atoms with Crippen molar-refractivity contribution in [3.8, 4) is 6.07 Å². The lowest BCUT2D eigenvalue weighted by atomic mass is 10.2. The molecule has 0 aliphatic carbocycles. The first kappa shape index (κ1) is 18.2. The van der Waals surface area contributed by atoms with Gasteiger partial charge in [0.1, 0.15) is 0 Å². The molecule has 0 N–H and O–H groups in total. The van der Waals surface area contributed by atoms with Crippen LogP contribution in [-0.2, 0) is 9.53 Å². The van der Waals surface area contributed by atoms with E-state index in [1.807, 2.05) is 13.8 Å². The van der Waals surface area contributed by atoms with Gasteiger partial charge in [-0.1, -0.05) is 0 Å². The van der Waals surface area contributed by atoms with Gasteiger partial charge in [0.2, 0.25) is 5.91 Å². The standard InChI is InChI=1S/C17H30N4O2/c1-3-21(12-15(2)11-18)17(22)14-20-8-6-19(7-9-20)13-16-5-4-10-23-16/h15-16H,3-10,12-14H2,1-2H3/t15-,16+/m0/s1. The van der Waals surface area contributed by atoms with Crippen LogP contribution >= 0.6 is 0 Å². The Labute approximate surface area is 140 Å². The van der Waals surface area contributed by atoms with Crippen LogP contribution in [0, 0.1) is 17.2 Å². The quantitative estimate of drug-likeness (QED) is 0.693. The Balaban J connectivity index is 1.70. The number of amides is 1. The Kier molecular flexibility index (Phi) is 7.28. The highest BCUT2D eigenvalue weighted by Gasteiger charge is 2.25. The largest absolute Gasteiger partial charge is 0.377 e. The minimum atomic E-state index is -0.109. The second kappa shape index (κ2) is 9.21. The molecular weight excluding hydrogens is 292 g/mol. The van der Waals surface area contributed by atoms with Crippen molar-refractivity contribution in [1.82, 2.24) is 14.7 Å². The number of hydrogen-bond donors (Lipinski definition) is 0. The van der Waals surface area contributed by atoms with Crippen LogP contribution in [0.5, 0.6) is 0 Å². The number of nitrogens with zero attached hydrogens (tertiary/aromatic N) is 4. The summed E-state index contributed by atoms with van der Waals surface area (Å²) in [6.45, 7) is 11.3. The van der Waals surface area contributed by atoms with E-state index in [1.165, 1.54) is 12.8 Å². The van der Waals surface area contributed by atoms with Gasteiger partial charge in [0.25, 0.3) is 0 Å². The maximum Gasteiger partial charge on any atom is 0.236 e. The predicted octanol–water partition coefficient (Wildman–Crippen LogP) is 0.791. The number of carbonyl (C=O) groups is 1. The summed E-state index contributed by atoms with van der Waals surface area (Å²) < 4.78 is 5.70. The molecule has 1 amide bonds. The summed E-state index contributed by atoms with van der Waals surface area (Å²) in [5.41, 5.74) is 0. The summed E-state index contributed by atoms with van der Waals surface area (Å²) >= 11 is 0. The van der Waals surface area contributed by atoms with E-state index in [9.17, 15) is 4.79 Å². The van der Waals surface area contributed by atoms with Crippen molar-refractivity contribution in [3.05, 3.63) is 0 Å². The van der Waals surface area contributed by atoms with Crippen LogP contribution < -0.4 is 0 Å². The lowest BCUT2D eigenvalue weighted by molar-refractivity contribution is -0.133. The number of hydrogen-bond acceptors (Lipinski definition) is 5. The van der Waals surface area contributed by atoms with Crippen molar-refractivity contribution in [3.63, 3.8) is 0 Å². The molecular formula is C17H30N4O2. The summed E-state index contributed by atoms with van der Waals surface area (Å²) in [6.07, 6.45) is 2.78. The van der Waals surface area contributed by atoms with Gasteiger partial charge in [0, 0.05) is 52.4 Å². The fraction of sp³-hybridized carbons (Fsp3) is 0.882. The van der Waals surface area contributed by atoms with Gasteiger partial charge < -0.3 is 9.64 Å². The van der Waals surface area contributed by atoms with E-state index < -0.39 is 0 Å². The van der Waals surface area contributed by atoms with Gasteiger partial charge in [-0.25, -0.2) is 0 Å². The molecule has 23 heavy (non-hydrogen) atoms. The number of carbonyl (C=O) groups excluding carboxylic acids is 1. The fourth-order valence-electron chi connectivity index (χ4n) is 3.28. The van der Waals surface area contributed by atoms with Crippen LogP contribution in [0.15, 0.2) is 0 Å². The smallest absolute Gasteiger partial charge is 0.236 e. The minimum absolute atomic E-state index is 0.109.